The first-order valence-electron chi connectivity index (χ1n) is 8.35. The van der Waals surface area contributed by atoms with Crippen molar-refractivity contribution < 1.29 is 45.6 Å². The molecule has 14 heteroatoms. The van der Waals surface area contributed by atoms with Crippen molar-refractivity contribution in [3.8, 4) is 0 Å². The van der Waals surface area contributed by atoms with Gasteiger partial charge in [-0.2, -0.15) is 26.3 Å². The molecular weight excluding hydrogens is 474 g/mol. The summed E-state index contributed by atoms with van der Waals surface area (Å²) < 4.78 is 82.1. The molecule has 0 aliphatic rings. The lowest BCUT2D eigenvalue weighted by atomic mass is 10.0. The number of alkyl halides is 6. The number of halogens is 7. The summed E-state index contributed by atoms with van der Waals surface area (Å²) in [6.45, 7) is 1.00. The van der Waals surface area contributed by atoms with Crippen molar-refractivity contribution in [2.24, 2.45) is 0 Å². The Morgan fingerprint density at radius 2 is 1.56 bits per heavy atom. The van der Waals surface area contributed by atoms with E-state index in [1.54, 1.807) is 0 Å². The van der Waals surface area contributed by atoms with E-state index in [0.29, 0.717) is 0 Å². The molecule has 0 aromatic heterocycles. The number of benzene rings is 2. The van der Waals surface area contributed by atoms with E-state index in [4.69, 9.17) is 11.6 Å². The van der Waals surface area contributed by atoms with Gasteiger partial charge in [0.25, 0.3) is 11.6 Å². The van der Waals surface area contributed by atoms with Gasteiger partial charge in [-0.3, -0.25) is 14.9 Å². The van der Waals surface area contributed by atoms with Crippen LogP contribution in [0.15, 0.2) is 36.4 Å². The fourth-order valence-corrected chi connectivity index (χ4v) is 2.53. The molecule has 1 amide bonds. The average molecular weight is 485 g/mol. The van der Waals surface area contributed by atoms with Crippen molar-refractivity contribution in [1.82, 2.24) is 0 Å². The zero-order valence-electron chi connectivity index (χ0n) is 15.7. The Morgan fingerprint density at radius 1 is 1.03 bits per heavy atom. The van der Waals surface area contributed by atoms with Crippen LogP contribution in [0.3, 0.4) is 0 Å². The number of nitrogens with one attached hydrogen (secondary N) is 1. The minimum Gasteiger partial charge on any atom is -0.449 e. The number of nitrogens with zero attached hydrogens (tertiary/aromatic N) is 1. The second-order valence-corrected chi connectivity index (χ2v) is 6.66. The highest BCUT2D eigenvalue weighted by Gasteiger charge is 2.38. The fourth-order valence-electron chi connectivity index (χ4n) is 2.31. The predicted octanol–water partition coefficient (Wildman–Crippen LogP) is 5.47. The van der Waals surface area contributed by atoms with Gasteiger partial charge in [0, 0.05) is 12.1 Å². The number of carbonyl (C=O) groups excluding carboxylic acids is 2. The standard InChI is InChI=1S/C18H11ClF6N2O5/c1-8(15(28)26-14-3-2-12(27(30)31)7-13(14)19)32-16(29)9-4-10(17(20,21)22)6-11(5-9)18(23,24)25/h2-8H,1H3,(H,26,28). The number of carbonyl (C=O) groups is 2. The minimum absolute atomic E-state index is 0.108. The third-order valence-corrected chi connectivity index (χ3v) is 4.21. The molecule has 1 N–H and O–H groups in total. The van der Waals surface area contributed by atoms with Gasteiger partial charge in [-0.1, -0.05) is 11.6 Å². The third-order valence-electron chi connectivity index (χ3n) is 3.90. The van der Waals surface area contributed by atoms with Gasteiger partial charge in [0.2, 0.25) is 0 Å². The Bertz CT molecular complexity index is 1040. The molecule has 172 valence electrons. The molecule has 0 aliphatic heterocycles. The number of amides is 1. The van der Waals surface area contributed by atoms with E-state index in [9.17, 15) is 46.0 Å². The molecule has 0 saturated carbocycles. The van der Waals surface area contributed by atoms with Crippen LogP contribution in [-0.4, -0.2) is 22.9 Å². The monoisotopic (exact) mass is 484 g/mol. The van der Waals surface area contributed by atoms with Gasteiger partial charge < -0.3 is 10.1 Å². The summed E-state index contributed by atoms with van der Waals surface area (Å²) in [5.41, 5.74) is -5.01. The normalized spacial score (nSPS) is 12.8. The Kier molecular flexibility index (Phi) is 7.03. The SMILES string of the molecule is CC(OC(=O)c1cc(C(F)(F)F)cc(C(F)(F)F)c1)C(=O)Nc1ccc([N+](=O)[O-])cc1Cl. The van der Waals surface area contributed by atoms with Crippen molar-refractivity contribution in [2.75, 3.05) is 5.32 Å². The molecule has 0 radical (unpaired) electrons. The van der Waals surface area contributed by atoms with Crippen LogP contribution in [0.5, 0.6) is 0 Å². The maximum Gasteiger partial charge on any atom is 0.416 e. The topological polar surface area (TPSA) is 98.5 Å². The van der Waals surface area contributed by atoms with Crippen LogP contribution in [0, 0.1) is 10.1 Å². The fraction of sp³-hybridized carbons (Fsp3) is 0.222. The zero-order chi connectivity index (χ0) is 24.4. The van der Waals surface area contributed by atoms with Crippen LogP contribution < -0.4 is 5.32 Å². The van der Waals surface area contributed by atoms with Crippen molar-refractivity contribution >= 4 is 34.9 Å². The van der Waals surface area contributed by atoms with Crippen LogP contribution in [0.2, 0.25) is 5.02 Å². The molecule has 0 spiro atoms. The van der Waals surface area contributed by atoms with Crippen LogP contribution in [0.4, 0.5) is 37.7 Å². The van der Waals surface area contributed by atoms with E-state index in [1.165, 1.54) is 0 Å². The van der Waals surface area contributed by atoms with E-state index in [1.807, 2.05) is 0 Å². The molecule has 32 heavy (non-hydrogen) atoms. The smallest absolute Gasteiger partial charge is 0.416 e. The van der Waals surface area contributed by atoms with E-state index < -0.39 is 51.9 Å². The number of esters is 1. The van der Waals surface area contributed by atoms with Crippen LogP contribution >= 0.6 is 11.6 Å². The molecule has 0 saturated heterocycles. The van der Waals surface area contributed by atoms with Crippen LogP contribution in [-0.2, 0) is 21.9 Å². The number of anilines is 1. The second-order valence-electron chi connectivity index (χ2n) is 6.25. The highest BCUT2D eigenvalue weighted by molar-refractivity contribution is 6.34. The zero-order valence-corrected chi connectivity index (χ0v) is 16.4. The summed E-state index contributed by atoms with van der Waals surface area (Å²) in [5.74, 6) is -2.66. The van der Waals surface area contributed by atoms with Gasteiger partial charge in [0.1, 0.15) is 0 Å². The van der Waals surface area contributed by atoms with Gasteiger partial charge in [-0.05, 0) is 31.2 Å². The van der Waals surface area contributed by atoms with E-state index in [0.717, 1.165) is 25.1 Å². The number of hydrogen-bond acceptors (Lipinski definition) is 5. The first kappa shape index (κ1) is 24.9. The molecule has 1 atom stereocenters. The summed E-state index contributed by atoms with van der Waals surface area (Å²) in [4.78, 5) is 34.2. The van der Waals surface area contributed by atoms with Gasteiger partial charge in [0.15, 0.2) is 6.10 Å². The number of hydrogen-bond donors (Lipinski definition) is 1. The lowest BCUT2D eigenvalue weighted by Gasteiger charge is -2.16. The summed E-state index contributed by atoms with van der Waals surface area (Å²) in [5, 5.41) is 12.6. The lowest BCUT2D eigenvalue weighted by Crippen LogP contribution is -2.30. The first-order valence-corrected chi connectivity index (χ1v) is 8.72. The molecule has 2 aromatic rings. The van der Waals surface area contributed by atoms with Gasteiger partial charge in [0.05, 0.1) is 32.3 Å². The van der Waals surface area contributed by atoms with E-state index >= 15 is 0 Å². The molecule has 0 bridgehead atoms. The number of nitro benzene ring substituents is 1. The maximum absolute atomic E-state index is 12.9. The molecule has 7 nitrogen and oxygen atoms in total. The van der Waals surface area contributed by atoms with Crippen molar-refractivity contribution in [3.63, 3.8) is 0 Å². The van der Waals surface area contributed by atoms with Gasteiger partial charge >= 0.3 is 18.3 Å². The lowest BCUT2D eigenvalue weighted by molar-refractivity contribution is -0.384. The molecule has 2 rings (SSSR count). The van der Waals surface area contributed by atoms with Crippen LogP contribution in [0.1, 0.15) is 28.4 Å². The number of nitro groups is 1. The van der Waals surface area contributed by atoms with E-state index in [-0.39, 0.29) is 34.6 Å². The highest BCUT2D eigenvalue weighted by atomic mass is 35.5. The maximum atomic E-state index is 12.9. The number of rotatable bonds is 5. The first-order chi connectivity index (χ1) is 14.6. The molecule has 0 aliphatic carbocycles. The van der Waals surface area contributed by atoms with Crippen LogP contribution in [0.25, 0.3) is 0 Å². The Labute approximate surface area is 180 Å². The Morgan fingerprint density at radius 3 is 2.00 bits per heavy atom. The van der Waals surface area contributed by atoms with Gasteiger partial charge in [-0.25, -0.2) is 4.79 Å². The summed E-state index contributed by atoms with van der Waals surface area (Å²) in [6, 6.07) is 3.18. The highest BCUT2D eigenvalue weighted by Crippen LogP contribution is 2.36. The molecular formula is C18H11ClF6N2O5. The van der Waals surface area contributed by atoms with Crippen molar-refractivity contribution in [1.29, 1.82) is 0 Å². The molecule has 0 heterocycles. The minimum atomic E-state index is -5.17. The summed E-state index contributed by atoms with van der Waals surface area (Å²) in [6.07, 6.45) is -12.0. The predicted molar refractivity (Wildman–Crippen MR) is 98.1 cm³/mol. The number of non-ortho nitro benzene ring substituents is 1. The van der Waals surface area contributed by atoms with Crippen molar-refractivity contribution in [3.05, 3.63) is 68.2 Å². The number of ether oxygens (including phenoxy) is 1. The second kappa shape index (κ2) is 9.02. The quantitative estimate of drug-likeness (QED) is 0.263. The average Bonchev–Trinajstić information content (AvgIpc) is 2.67. The third kappa shape index (κ3) is 6.09. The Hall–Kier alpha value is -3.35. The summed E-state index contributed by atoms with van der Waals surface area (Å²) in [7, 11) is 0. The summed E-state index contributed by atoms with van der Waals surface area (Å²) >= 11 is 5.80. The molecule has 1 unspecified atom stereocenters. The van der Waals surface area contributed by atoms with Gasteiger partial charge in [-0.15, -0.1) is 0 Å². The molecule has 0 fully saturated rings. The largest absolute Gasteiger partial charge is 0.449 e. The molecule has 2 aromatic carbocycles. The van der Waals surface area contributed by atoms with E-state index in [2.05, 4.69) is 10.1 Å². The van der Waals surface area contributed by atoms with Crippen molar-refractivity contribution in [2.45, 2.75) is 25.4 Å². The Balaban J connectivity index is 2.21.